The number of thioether (sulfide) groups is 1. The number of carbonyl (C=O) groups excluding carboxylic acids is 1. The highest BCUT2D eigenvalue weighted by atomic mass is 32.2. The van der Waals surface area contributed by atoms with Crippen molar-refractivity contribution in [3.8, 4) is 5.69 Å². The summed E-state index contributed by atoms with van der Waals surface area (Å²) in [5.74, 6) is 1.00. The Labute approximate surface area is 221 Å². The molecule has 1 heterocycles. The summed E-state index contributed by atoms with van der Waals surface area (Å²) in [5, 5.41) is 15.9. The Hall–Kier alpha value is -3.65. The summed E-state index contributed by atoms with van der Waals surface area (Å²) in [7, 11) is 0. The van der Waals surface area contributed by atoms with Crippen molar-refractivity contribution in [1.29, 1.82) is 0 Å². The minimum atomic E-state index is -0.405. The van der Waals surface area contributed by atoms with Crippen molar-refractivity contribution in [2.75, 3.05) is 6.54 Å². The highest BCUT2D eigenvalue weighted by molar-refractivity contribution is 7.98. The third-order valence-electron chi connectivity index (χ3n) is 5.95. The number of carbonyl (C=O) groups is 1. The van der Waals surface area contributed by atoms with Crippen LogP contribution in [0.5, 0.6) is 0 Å². The van der Waals surface area contributed by atoms with Gasteiger partial charge in [0.25, 0.3) is 0 Å². The van der Waals surface area contributed by atoms with Gasteiger partial charge in [-0.25, -0.2) is 9.18 Å². The zero-order chi connectivity index (χ0) is 26.0. The molecule has 0 aliphatic rings. The van der Waals surface area contributed by atoms with E-state index < -0.39 is 6.04 Å². The molecule has 0 bridgehead atoms. The Balaban J connectivity index is 1.68. The van der Waals surface area contributed by atoms with Gasteiger partial charge in [0.2, 0.25) is 0 Å². The van der Waals surface area contributed by atoms with E-state index in [9.17, 15) is 9.18 Å². The Bertz CT molecular complexity index is 1280. The van der Waals surface area contributed by atoms with Gasteiger partial charge in [-0.3, -0.25) is 4.57 Å². The number of urea groups is 1. The zero-order valence-electron chi connectivity index (χ0n) is 21.2. The molecule has 6 nitrogen and oxygen atoms in total. The van der Waals surface area contributed by atoms with Crippen molar-refractivity contribution >= 4 is 17.8 Å². The number of unbranched alkanes of at least 4 members (excludes halogenated alkanes) is 1. The van der Waals surface area contributed by atoms with Gasteiger partial charge in [-0.2, -0.15) is 0 Å². The molecular formula is C29H32FN5OS. The normalized spacial score (nSPS) is 11.8. The Kier molecular flexibility index (Phi) is 9.32. The second kappa shape index (κ2) is 13.1. The van der Waals surface area contributed by atoms with Crippen LogP contribution in [0.25, 0.3) is 5.69 Å². The number of aryl methyl sites for hydroxylation is 1. The predicted octanol–water partition coefficient (Wildman–Crippen LogP) is 6.39. The lowest BCUT2D eigenvalue weighted by Gasteiger charge is -2.20. The zero-order valence-corrected chi connectivity index (χ0v) is 22.0. The summed E-state index contributed by atoms with van der Waals surface area (Å²) < 4.78 is 15.4. The minimum Gasteiger partial charge on any atom is -0.338 e. The van der Waals surface area contributed by atoms with Gasteiger partial charge in [-0.15, -0.1) is 10.2 Å². The van der Waals surface area contributed by atoms with Crippen LogP contribution in [0.1, 0.15) is 48.3 Å². The quantitative estimate of drug-likeness (QED) is 0.179. The number of halogens is 1. The molecule has 1 aromatic heterocycles. The molecule has 3 aromatic carbocycles. The molecule has 0 aliphatic carbocycles. The van der Waals surface area contributed by atoms with Gasteiger partial charge in [0.15, 0.2) is 11.0 Å². The summed E-state index contributed by atoms with van der Waals surface area (Å²) in [6, 6.07) is 24.0. The average Bonchev–Trinajstić information content (AvgIpc) is 3.33. The third kappa shape index (κ3) is 7.43. The predicted molar refractivity (Wildman–Crippen MR) is 146 cm³/mol. The molecule has 4 aromatic rings. The first-order valence-corrected chi connectivity index (χ1v) is 13.5. The van der Waals surface area contributed by atoms with Gasteiger partial charge < -0.3 is 10.6 Å². The van der Waals surface area contributed by atoms with E-state index in [1.165, 1.54) is 23.9 Å². The van der Waals surface area contributed by atoms with Gasteiger partial charge in [0.05, 0.1) is 6.04 Å². The number of benzene rings is 3. The summed E-state index contributed by atoms with van der Waals surface area (Å²) in [5.41, 5.74) is 4.13. The molecule has 0 saturated heterocycles. The van der Waals surface area contributed by atoms with E-state index in [-0.39, 0.29) is 11.8 Å². The fourth-order valence-electron chi connectivity index (χ4n) is 3.91. The Morgan fingerprint density at radius 2 is 1.70 bits per heavy atom. The summed E-state index contributed by atoms with van der Waals surface area (Å²) in [6.07, 6.45) is 2.49. The lowest BCUT2D eigenvalue weighted by molar-refractivity contribution is 0.236. The lowest BCUT2D eigenvalue weighted by Crippen LogP contribution is -2.40. The van der Waals surface area contributed by atoms with Crippen LogP contribution in [0.2, 0.25) is 0 Å². The van der Waals surface area contributed by atoms with E-state index in [0.717, 1.165) is 35.2 Å². The van der Waals surface area contributed by atoms with Crippen LogP contribution in [0.3, 0.4) is 0 Å². The van der Waals surface area contributed by atoms with E-state index in [4.69, 9.17) is 0 Å². The first-order valence-electron chi connectivity index (χ1n) is 12.5. The fraction of sp³-hybridized carbons (Fsp3) is 0.276. The third-order valence-corrected chi connectivity index (χ3v) is 6.95. The molecule has 37 heavy (non-hydrogen) atoms. The monoisotopic (exact) mass is 517 g/mol. The van der Waals surface area contributed by atoms with Crippen LogP contribution < -0.4 is 10.6 Å². The molecule has 8 heteroatoms. The molecule has 0 fully saturated rings. The van der Waals surface area contributed by atoms with Crippen LogP contribution in [-0.2, 0) is 12.2 Å². The van der Waals surface area contributed by atoms with E-state index in [0.29, 0.717) is 29.7 Å². The van der Waals surface area contributed by atoms with E-state index >= 15 is 0 Å². The fourth-order valence-corrected chi connectivity index (χ4v) is 4.82. The summed E-state index contributed by atoms with van der Waals surface area (Å²) in [6.45, 7) is 4.75. The molecule has 2 N–H and O–H groups in total. The van der Waals surface area contributed by atoms with Crippen molar-refractivity contribution in [1.82, 2.24) is 25.4 Å². The maximum Gasteiger partial charge on any atom is 0.315 e. The van der Waals surface area contributed by atoms with Crippen LogP contribution in [0.4, 0.5) is 9.18 Å². The van der Waals surface area contributed by atoms with Crippen LogP contribution in [0.15, 0.2) is 84.0 Å². The topological polar surface area (TPSA) is 71.8 Å². The molecule has 0 spiro atoms. The molecule has 1 unspecified atom stereocenters. The summed E-state index contributed by atoms with van der Waals surface area (Å²) >= 11 is 1.52. The molecule has 0 radical (unpaired) electrons. The van der Waals surface area contributed by atoms with Crippen LogP contribution in [0, 0.1) is 12.7 Å². The maximum atomic E-state index is 13.4. The van der Waals surface area contributed by atoms with Gasteiger partial charge in [-0.1, -0.05) is 85.3 Å². The maximum absolute atomic E-state index is 13.4. The highest BCUT2D eigenvalue weighted by Crippen LogP contribution is 2.29. The summed E-state index contributed by atoms with van der Waals surface area (Å²) in [4.78, 5) is 12.8. The highest BCUT2D eigenvalue weighted by Gasteiger charge is 2.25. The van der Waals surface area contributed by atoms with Gasteiger partial charge in [-0.05, 0) is 48.7 Å². The molecule has 4 rings (SSSR count). The first-order chi connectivity index (χ1) is 18.0. The van der Waals surface area contributed by atoms with Crippen molar-refractivity contribution in [3.05, 3.63) is 107 Å². The largest absolute Gasteiger partial charge is 0.338 e. The molecule has 1 atom stereocenters. The van der Waals surface area contributed by atoms with Crippen molar-refractivity contribution in [2.24, 2.45) is 0 Å². The number of hydrogen-bond donors (Lipinski definition) is 2. The van der Waals surface area contributed by atoms with Gasteiger partial charge >= 0.3 is 6.03 Å². The number of aromatic nitrogens is 3. The van der Waals surface area contributed by atoms with E-state index in [1.54, 1.807) is 12.1 Å². The molecule has 2 amide bonds. The molecular weight excluding hydrogens is 485 g/mol. The van der Waals surface area contributed by atoms with E-state index in [1.807, 2.05) is 66.1 Å². The Morgan fingerprint density at radius 3 is 2.41 bits per heavy atom. The van der Waals surface area contributed by atoms with Gasteiger partial charge in [0, 0.05) is 24.4 Å². The number of nitrogens with one attached hydrogen (secondary N) is 2. The number of nitrogens with zero attached hydrogens (tertiary/aromatic N) is 3. The molecule has 192 valence electrons. The van der Waals surface area contributed by atoms with Crippen molar-refractivity contribution in [3.63, 3.8) is 0 Å². The Morgan fingerprint density at radius 1 is 0.973 bits per heavy atom. The second-order valence-electron chi connectivity index (χ2n) is 8.92. The van der Waals surface area contributed by atoms with Crippen molar-refractivity contribution in [2.45, 2.75) is 50.1 Å². The SMILES string of the molecule is CCCCNC(=O)NC(Cc1ccccc1)c1nnc(SCc2ccc(F)cc2)n1-c1ccc(C)cc1. The number of hydrogen-bond acceptors (Lipinski definition) is 4. The second-order valence-corrected chi connectivity index (χ2v) is 9.87. The number of rotatable bonds is 11. The number of amides is 2. The minimum absolute atomic E-state index is 0.228. The lowest BCUT2D eigenvalue weighted by atomic mass is 10.1. The standard InChI is InChI=1S/C29H32FN5OS/c1-3-4-18-31-28(36)32-26(19-22-8-6-5-7-9-22)27-33-34-29(35(27)25-16-10-21(2)11-17-25)37-20-23-12-14-24(30)15-13-23/h5-17,26H,3-4,18-20H2,1-2H3,(H2,31,32,36). The van der Waals surface area contributed by atoms with Crippen molar-refractivity contribution < 1.29 is 9.18 Å². The average molecular weight is 518 g/mol. The molecule has 0 saturated carbocycles. The first kappa shape index (κ1) is 26.4. The van der Waals surface area contributed by atoms with Crippen LogP contribution in [-0.4, -0.2) is 27.3 Å². The smallest absolute Gasteiger partial charge is 0.315 e. The van der Waals surface area contributed by atoms with Gasteiger partial charge in [0.1, 0.15) is 5.82 Å². The van der Waals surface area contributed by atoms with Crippen LogP contribution >= 0.6 is 11.8 Å². The molecule has 0 aliphatic heterocycles. The van der Waals surface area contributed by atoms with E-state index in [2.05, 4.69) is 27.8 Å².